The maximum atomic E-state index is 13.4. The zero-order valence-corrected chi connectivity index (χ0v) is 9.73. The minimum Gasteiger partial charge on any atom is -0.382 e. The number of nitrogens with zero attached hydrogens (tertiary/aromatic N) is 1. The molecule has 0 fully saturated rings. The van der Waals surface area contributed by atoms with E-state index in [0.29, 0.717) is 21.5 Å². The first-order chi connectivity index (χ1) is 7.09. The molecule has 0 aliphatic carbocycles. The van der Waals surface area contributed by atoms with Crippen molar-refractivity contribution >= 4 is 33.3 Å². The summed E-state index contributed by atoms with van der Waals surface area (Å²) in [7, 11) is 0. The van der Waals surface area contributed by atoms with Gasteiger partial charge in [-0.05, 0) is 22.0 Å². The topological polar surface area (TPSA) is 54.7 Å². The number of H-pyrrole nitrogens is 1. The van der Waals surface area contributed by atoms with Crippen molar-refractivity contribution < 1.29 is 4.39 Å². The number of hydrogen-bond donors (Lipinski definition) is 2. The summed E-state index contributed by atoms with van der Waals surface area (Å²) in [5.74, 6) is -0.144. The number of aromatic amines is 1. The number of benzene rings is 1. The van der Waals surface area contributed by atoms with Crippen LogP contribution >= 0.6 is 27.5 Å². The van der Waals surface area contributed by atoms with E-state index in [1.54, 1.807) is 12.1 Å². The van der Waals surface area contributed by atoms with Crippen LogP contribution in [0.1, 0.15) is 0 Å². The first kappa shape index (κ1) is 10.4. The van der Waals surface area contributed by atoms with E-state index in [1.807, 2.05) is 0 Å². The number of aromatic nitrogens is 2. The molecule has 0 aliphatic rings. The summed E-state index contributed by atoms with van der Waals surface area (Å²) in [6, 6.07) is 4.78. The highest BCUT2D eigenvalue weighted by Gasteiger charge is 2.12. The Kier molecular flexibility index (Phi) is 2.67. The molecular weight excluding hydrogens is 284 g/mol. The van der Waals surface area contributed by atoms with Gasteiger partial charge in [-0.1, -0.05) is 17.7 Å². The van der Waals surface area contributed by atoms with Crippen LogP contribution in [0.4, 0.5) is 10.2 Å². The van der Waals surface area contributed by atoms with E-state index in [0.717, 1.165) is 0 Å². The molecule has 2 aromatic rings. The van der Waals surface area contributed by atoms with E-state index >= 15 is 0 Å². The number of hydrogen-bond acceptors (Lipinski definition) is 2. The molecule has 0 radical (unpaired) electrons. The number of rotatable bonds is 1. The lowest BCUT2D eigenvalue weighted by atomic mass is 10.1. The first-order valence-electron chi connectivity index (χ1n) is 4.04. The molecule has 3 N–H and O–H groups in total. The van der Waals surface area contributed by atoms with Crippen LogP contribution in [0.3, 0.4) is 0 Å². The van der Waals surface area contributed by atoms with Crippen LogP contribution in [0.15, 0.2) is 22.7 Å². The Labute approximate surface area is 98.6 Å². The summed E-state index contributed by atoms with van der Waals surface area (Å²) < 4.78 is 13.7. The predicted molar refractivity (Wildman–Crippen MR) is 61.1 cm³/mol. The van der Waals surface area contributed by atoms with Gasteiger partial charge in [0.05, 0.1) is 15.2 Å². The summed E-state index contributed by atoms with van der Waals surface area (Å²) in [4.78, 5) is 0. The molecule has 1 heterocycles. The van der Waals surface area contributed by atoms with Gasteiger partial charge in [-0.2, -0.15) is 5.10 Å². The van der Waals surface area contributed by atoms with Crippen LogP contribution in [0, 0.1) is 5.82 Å². The van der Waals surface area contributed by atoms with Crippen molar-refractivity contribution in [2.75, 3.05) is 5.73 Å². The molecular formula is C9H6BrClFN3. The number of nitrogens with two attached hydrogens (primary N) is 1. The van der Waals surface area contributed by atoms with Gasteiger partial charge in [-0.15, -0.1) is 0 Å². The maximum absolute atomic E-state index is 13.4. The van der Waals surface area contributed by atoms with Crippen molar-refractivity contribution in [2.24, 2.45) is 0 Å². The van der Waals surface area contributed by atoms with E-state index in [1.165, 1.54) is 6.07 Å². The van der Waals surface area contributed by atoms with Gasteiger partial charge in [0.1, 0.15) is 5.82 Å². The Morgan fingerprint density at radius 2 is 2.20 bits per heavy atom. The fourth-order valence-electron chi connectivity index (χ4n) is 1.21. The van der Waals surface area contributed by atoms with Crippen molar-refractivity contribution in [3.05, 3.63) is 33.5 Å². The third-order valence-electron chi connectivity index (χ3n) is 1.92. The maximum Gasteiger partial charge on any atom is 0.156 e. The lowest BCUT2D eigenvalue weighted by Crippen LogP contribution is -1.86. The van der Waals surface area contributed by atoms with Crippen LogP contribution < -0.4 is 5.73 Å². The molecule has 78 valence electrons. The minimum atomic E-state index is -0.498. The summed E-state index contributed by atoms with van der Waals surface area (Å²) in [5, 5.41) is 6.52. The molecule has 0 unspecified atom stereocenters. The number of halogens is 3. The molecule has 15 heavy (non-hydrogen) atoms. The van der Waals surface area contributed by atoms with Gasteiger partial charge in [0.15, 0.2) is 5.82 Å². The second-order valence-corrected chi connectivity index (χ2v) is 4.13. The standard InChI is InChI=1S/C9H6BrClFN3/c10-8-4(1-2-5(11)9(8)12)6-3-7(13)15-14-6/h1-3H,(H3,13,14,15). The summed E-state index contributed by atoms with van der Waals surface area (Å²) in [5.41, 5.74) is 6.72. The molecule has 0 atom stereocenters. The molecule has 0 spiro atoms. The second-order valence-electron chi connectivity index (χ2n) is 2.93. The van der Waals surface area contributed by atoms with Gasteiger partial charge >= 0.3 is 0 Å². The fraction of sp³-hybridized carbons (Fsp3) is 0. The predicted octanol–water partition coefficient (Wildman–Crippen LogP) is 3.21. The molecule has 0 saturated heterocycles. The monoisotopic (exact) mass is 289 g/mol. The molecule has 0 amide bonds. The highest BCUT2D eigenvalue weighted by molar-refractivity contribution is 9.10. The van der Waals surface area contributed by atoms with E-state index in [4.69, 9.17) is 17.3 Å². The third-order valence-corrected chi connectivity index (χ3v) is 2.99. The lowest BCUT2D eigenvalue weighted by Gasteiger charge is -2.03. The van der Waals surface area contributed by atoms with Crippen molar-refractivity contribution in [3.63, 3.8) is 0 Å². The quantitative estimate of drug-likeness (QED) is 0.792. The van der Waals surface area contributed by atoms with Gasteiger partial charge in [0.2, 0.25) is 0 Å². The van der Waals surface area contributed by atoms with E-state index in [-0.39, 0.29) is 5.02 Å². The third kappa shape index (κ3) is 1.85. The molecule has 1 aromatic carbocycles. The highest BCUT2D eigenvalue weighted by Crippen LogP contribution is 2.33. The molecule has 3 nitrogen and oxygen atoms in total. The van der Waals surface area contributed by atoms with Crippen molar-refractivity contribution in [2.45, 2.75) is 0 Å². The van der Waals surface area contributed by atoms with Crippen LogP contribution in [0.25, 0.3) is 11.3 Å². The van der Waals surface area contributed by atoms with Crippen molar-refractivity contribution in [1.29, 1.82) is 0 Å². The molecule has 0 bridgehead atoms. The average Bonchev–Trinajstić information content (AvgIpc) is 2.61. The van der Waals surface area contributed by atoms with Gasteiger partial charge in [0, 0.05) is 11.6 Å². The zero-order chi connectivity index (χ0) is 11.0. The average molecular weight is 291 g/mol. The fourth-order valence-corrected chi connectivity index (χ4v) is 2.04. The van der Waals surface area contributed by atoms with Crippen LogP contribution in [-0.4, -0.2) is 10.2 Å². The largest absolute Gasteiger partial charge is 0.382 e. The van der Waals surface area contributed by atoms with Crippen LogP contribution in [0.5, 0.6) is 0 Å². The molecule has 6 heteroatoms. The van der Waals surface area contributed by atoms with E-state index < -0.39 is 5.82 Å². The van der Waals surface area contributed by atoms with Gasteiger partial charge < -0.3 is 5.73 Å². The van der Waals surface area contributed by atoms with Crippen LogP contribution in [-0.2, 0) is 0 Å². The highest BCUT2D eigenvalue weighted by atomic mass is 79.9. The Morgan fingerprint density at radius 1 is 1.47 bits per heavy atom. The Bertz CT molecular complexity index is 512. The molecule has 0 aliphatic heterocycles. The summed E-state index contributed by atoms with van der Waals surface area (Å²) in [6.45, 7) is 0. The Balaban J connectivity index is 2.59. The van der Waals surface area contributed by atoms with Crippen molar-refractivity contribution in [3.8, 4) is 11.3 Å². The number of nitrogens with one attached hydrogen (secondary N) is 1. The van der Waals surface area contributed by atoms with Gasteiger partial charge in [-0.25, -0.2) is 4.39 Å². The SMILES string of the molecule is Nc1cc(-c2ccc(Cl)c(F)c2Br)[nH]n1. The van der Waals surface area contributed by atoms with Gasteiger partial charge in [-0.3, -0.25) is 5.10 Å². The second kappa shape index (κ2) is 3.83. The molecule has 1 aromatic heterocycles. The molecule has 2 rings (SSSR count). The zero-order valence-electron chi connectivity index (χ0n) is 7.39. The Morgan fingerprint density at radius 3 is 2.80 bits per heavy atom. The first-order valence-corrected chi connectivity index (χ1v) is 5.21. The lowest BCUT2D eigenvalue weighted by molar-refractivity contribution is 0.622. The van der Waals surface area contributed by atoms with Crippen LogP contribution in [0.2, 0.25) is 5.02 Å². The Hall–Kier alpha value is -1.07. The summed E-state index contributed by atoms with van der Waals surface area (Å²) in [6.07, 6.45) is 0. The van der Waals surface area contributed by atoms with E-state index in [9.17, 15) is 4.39 Å². The smallest absolute Gasteiger partial charge is 0.156 e. The van der Waals surface area contributed by atoms with E-state index in [2.05, 4.69) is 26.1 Å². The minimum absolute atomic E-state index is 0.0677. The number of nitrogen functional groups attached to an aromatic ring is 1. The normalized spacial score (nSPS) is 10.6. The van der Waals surface area contributed by atoms with Gasteiger partial charge in [0.25, 0.3) is 0 Å². The number of anilines is 1. The summed E-state index contributed by atoms with van der Waals surface area (Å²) >= 11 is 8.75. The molecule has 0 saturated carbocycles. The van der Waals surface area contributed by atoms with Crippen molar-refractivity contribution in [1.82, 2.24) is 10.2 Å².